The molecule has 4 nitrogen and oxygen atoms in total. The van der Waals surface area contributed by atoms with E-state index in [1.165, 1.54) is 5.56 Å². The van der Waals surface area contributed by atoms with E-state index < -0.39 is 5.97 Å². The van der Waals surface area contributed by atoms with Gasteiger partial charge in [0.05, 0.1) is 13.0 Å². The van der Waals surface area contributed by atoms with Crippen LogP contribution in [0.25, 0.3) is 0 Å². The van der Waals surface area contributed by atoms with Crippen LogP contribution >= 0.6 is 0 Å². The second kappa shape index (κ2) is 7.46. The number of ether oxygens (including phenoxy) is 1. The van der Waals surface area contributed by atoms with Crippen LogP contribution in [-0.4, -0.2) is 30.8 Å². The van der Waals surface area contributed by atoms with Gasteiger partial charge in [0.2, 0.25) is 0 Å². The Morgan fingerprint density at radius 1 is 1.43 bits per heavy atom. The first-order chi connectivity index (χ1) is 10.1. The highest BCUT2D eigenvalue weighted by atomic mass is 16.5. The van der Waals surface area contributed by atoms with Gasteiger partial charge in [-0.2, -0.15) is 0 Å². The zero-order valence-corrected chi connectivity index (χ0v) is 12.8. The highest BCUT2D eigenvalue weighted by Gasteiger charge is 2.32. The van der Waals surface area contributed by atoms with Crippen LogP contribution in [0.15, 0.2) is 24.3 Å². The molecule has 1 aliphatic rings. The van der Waals surface area contributed by atoms with Crippen LogP contribution in [0.4, 0.5) is 0 Å². The van der Waals surface area contributed by atoms with E-state index in [0.717, 1.165) is 38.0 Å². The summed E-state index contributed by atoms with van der Waals surface area (Å²) >= 11 is 0. The minimum atomic E-state index is -0.642. The highest BCUT2D eigenvalue weighted by molar-refractivity contribution is 5.70. The van der Waals surface area contributed by atoms with Gasteiger partial charge in [-0.1, -0.05) is 24.6 Å². The molecule has 1 aromatic carbocycles. The number of carboxylic acids is 1. The van der Waals surface area contributed by atoms with E-state index in [9.17, 15) is 9.90 Å². The molecular weight excluding hydrogens is 266 g/mol. The summed E-state index contributed by atoms with van der Waals surface area (Å²) in [5.74, 6) is 0.366. The molecule has 0 aliphatic heterocycles. The monoisotopic (exact) mass is 291 g/mol. The minimum absolute atomic E-state index is 0.170. The smallest absolute Gasteiger partial charge is 0.306 e. The summed E-state index contributed by atoms with van der Waals surface area (Å²) in [6, 6.07) is 8.33. The van der Waals surface area contributed by atoms with Crippen molar-refractivity contribution in [3.8, 4) is 5.75 Å². The van der Waals surface area contributed by atoms with Crippen molar-refractivity contribution >= 4 is 5.97 Å². The lowest BCUT2D eigenvalue weighted by atomic mass is 9.95. The Bertz CT molecular complexity index is 475. The fourth-order valence-corrected chi connectivity index (χ4v) is 3.23. The molecule has 3 atom stereocenters. The Balaban J connectivity index is 1.84. The van der Waals surface area contributed by atoms with Gasteiger partial charge >= 0.3 is 5.97 Å². The summed E-state index contributed by atoms with van der Waals surface area (Å²) in [6.45, 7) is 2.92. The molecule has 3 unspecified atom stereocenters. The number of benzene rings is 1. The molecule has 2 rings (SSSR count). The predicted octanol–water partition coefficient (Wildman–Crippen LogP) is 2.72. The molecule has 0 spiro atoms. The molecule has 116 valence electrons. The molecule has 0 saturated heterocycles. The first-order valence-corrected chi connectivity index (χ1v) is 7.70. The van der Waals surface area contributed by atoms with Gasteiger partial charge in [0.15, 0.2) is 0 Å². The van der Waals surface area contributed by atoms with Crippen molar-refractivity contribution in [2.75, 3.05) is 13.7 Å². The van der Waals surface area contributed by atoms with Gasteiger partial charge in [-0.05, 0) is 50.3 Å². The molecule has 0 aromatic heterocycles. The number of rotatable bonds is 7. The fraction of sp³-hybridized carbons (Fsp3) is 0.588. The van der Waals surface area contributed by atoms with Crippen LogP contribution in [0.1, 0.15) is 31.7 Å². The van der Waals surface area contributed by atoms with E-state index in [2.05, 4.69) is 18.3 Å². The number of para-hydroxylation sites is 1. The third-order valence-corrected chi connectivity index (χ3v) is 4.42. The summed E-state index contributed by atoms with van der Waals surface area (Å²) in [7, 11) is 1.69. The van der Waals surface area contributed by atoms with Crippen LogP contribution in [-0.2, 0) is 11.2 Å². The summed E-state index contributed by atoms with van der Waals surface area (Å²) in [5, 5.41) is 12.7. The molecule has 21 heavy (non-hydrogen) atoms. The predicted molar refractivity (Wildman–Crippen MR) is 82.6 cm³/mol. The van der Waals surface area contributed by atoms with Crippen LogP contribution < -0.4 is 10.1 Å². The number of carbonyl (C=O) groups is 1. The molecule has 4 heteroatoms. The van der Waals surface area contributed by atoms with E-state index >= 15 is 0 Å². The summed E-state index contributed by atoms with van der Waals surface area (Å²) in [4.78, 5) is 11.2. The van der Waals surface area contributed by atoms with Crippen LogP contribution in [0.3, 0.4) is 0 Å². The summed E-state index contributed by atoms with van der Waals surface area (Å²) < 4.78 is 5.37. The lowest BCUT2D eigenvalue weighted by Crippen LogP contribution is -2.35. The maximum Gasteiger partial charge on any atom is 0.306 e. The molecule has 0 radical (unpaired) electrons. The van der Waals surface area contributed by atoms with Gasteiger partial charge in [-0.15, -0.1) is 0 Å². The second-order valence-electron chi connectivity index (χ2n) is 5.96. The minimum Gasteiger partial charge on any atom is -0.496 e. The average molecular weight is 291 g/mol. The van der Waals surface area contributed by atoms with E-state index in [1.807, 2.05) is 18.2 Å². The molecular formula is C17H25NO3. The first-order valence-electron chi connectivity index (χ1n) is 7.70. The van der Waals surface area contributed by atoms with Crippen molar-refractivity contribution in [1.29, 1.82) is 0 Å². The van der Waals surface area contributed by atoms with Crippen molar-refractivity contribution in [3.63, 3.8) is 0 Å². The molecule has 0 amide bonds. The van der Waals surface area contributed by atoms with Gasteiger partial charge < -0.3 is 15.2 Å². The van der Waals surface area contributed by atoms with Gasteiger partial charge in [0.25, 0.3) is 0 Å². The standard InChI is InChI=1S/C17H25NO3/c1-12(10-13-6-3-4-9-16(13)21-2)18-11-14-7-5-8-15(14)17(19)20/h3-4,6,9,12,14-15,18H,5,7-8,10-11H2,1-2H3,(H,19,20). The quantitative estimate of drug-likeness (QED) is 0.811. The van der Waals surface area contributed by atoms with E-state index in [4.69, 9.17) is 4.74 Å². The van der Waals surface area contributed by atoms with Crippen LogP contribution in [0.2, 0.25) is 0 Å². The topological polar surface area (TPSA) is 58.6 Å². The molecule has 0 bridgehead atoms. The SMILES string of the molecule is COc1ccccc1CC(C)NCC1CCCC1C(=O)O. The van der Waals surface area contributed by atoms with Crippen LogP contribution in [0, 0.1) is 11.8 Å². The van der Waals surface area contributed by atoms with Crippen molar-refractivity contribution < 1.29 is 14.6 Å². The number of methoxy groups -OCH3 is 1. The van der Waals surface area contributed by atoms with Gasteiger partial charge in [-0.3, -0.25) is 4.79 Å². The van der Waals surface area contributed by atoms with E-state index in [-0.39, 0.29) is 11.8 Å². The number of hydrogen-bond acceptors (Lipinski definition) is 3. The third-order valence-electron chi connectivity index (χ3n) is 4.42. The Morgan fingerprint density at radius 2 is 2.19 bits per heavy atom. The Labute approximate surface area is 126 Å². The van der Waals surface area contributed by atoms with E-state index in [1.54, 1.807) is 7.11 Å². The van der Waals surface area contributed by atoms with Gasteiger partial charge in [-0.25, -0.2) is 0 Å². The Hall–Kier alpha value is -1.55. The van der Waals surface area contributed by atoms with Crippen molar-refractivity contribution in [2.24, 2.45) is 11.8 Å². The first kappa shape index (κ1) is 15.8. The summed E-state index contributed by atoms with van der Waals surface area (Å²) in [6.07, 6.45) is 3.76. The van der Waals surface area contributed by atoms with Gasteiger partial charge in [0.1, 0.15) is 5.75 Å². The van der Waals surface area contributed by atoms with E-state index in [0.29, 0.717) is 6.04 Å². The maximum absolute atomic E-state index is 11.2. The van der Waals surface area contributed by atoms with Gasteiger partial charge in [0, 0.05) is 6.04 Å². The third kappa shape index (κ3) is 4.21. The number of carboxylic acid groups (broad SMARTS) is 1. The molecule has 1 saturated carbocycles. The largest absolute Gasteiger partial charge is 0.496 e. The Morgan fingerprint density at radius 3 is 2.90 bits per heavy atom. The fourth-order valence-electron chi connectivity index (χ4n) is 3.23. The normalized spacial score (nSPS) is 23.0. The molecule has 0 heterocycles. The maximum atomic E-state index is 11.2. The number of aliphatic carboxylic acids is 1. The summed E-state index contributed by atoms with van der Waals surface area (Å²) in [5.41, 5.74) is 1.18. The Kier molecular flexibility index (Phi) is 5.62. The molecule has 2 N–H and O–H groups in total. The zero-order chi connectivity index (χ0) is 15.2. The van der Waals surface area contributed by atoms with Crippen molar-refractivity contribution in [3.05, 3.63) is 29.8 Å². The molecule has 1 fully saturated rings. The second-order valence-corrected chi connectivity index (χ2v) is 5.96. The molecule has 1 aromatic rings. The number of hydrogen-bond donors (Lipinski definition) is 2. The number of nitrogens with one attached hydrogen (secondary N) is 1. The lowest BCUT2D eigenvalue weighted by Gasteiger charge is -2.21. The molecule has 1 aliphatic carbocycles. The van der Waals surface area contributed by atoms with Crippen molar-refractivity contribution in [1.82, 2.24) is 5.32 Å². The zero-order valence-electron chi connectivity index (χ0n) is 12.8. The average Bonchev–Trinajstić information content (AvgIpc) is 2.94. The van der Waals surface area contributed by atoms with Crippen LogP contribution in [0.5, 0.6) is 5.75 Å². The van der Waals surface area contributed by atoms with Crippen molar-refractivity contribution in [2.45, 2.75) is 38.6 Å². The highest BCUT2D eigenvalue weighted by Crippen LogP contribution is 2.31. The lowest BCUT2D eigenvalue weighted by molar-refractivity contribution is -0.142.